The number of hydroxylamine groups is 1. The van der Waals surface area contributed by atoms with Gasteiger partial charge in [-0.3, -0.25) is 20.7 Å². The van der Waals surface area contributed by atoms with Crippen molar-refractivity contribution in [1.82, 2.24) is 15.5 Å². The number of nitrogens with two attached hydrogens (primary N) is 1. The molecule has 10 nitrogen and oxygen atoms in total. The Balaban J connectivity index is 2.96. The van der Waals surface area contributed by atoms with E-state index in [9.17, 15) is 26.8 Å². The molecule has 162 valence electrons. The van der Waals surface area contributed by atoms with Gasteiger partial charge in [-0.15, -0.1) is 0 Å². The Morgan fingerprint density at radius 1 is 1.17 bits per heavy atom. The number of hydrogen-bond donors (Lipinski definition) is 5. The monoisotopic (exact) mass is 437 g/mol. The number of aliphatic imine (C=N–C) groups is 3. The number of rotatable bonds is 8. The highest BCUT2D eigenvalue weighted by atomic mass is 32.2. The van der Waals surface area contributed by atoms with Gasteiger partial charge in [-0.1, -0.05) is 6.07 Å². The predicted octanol–water partition coefficient (Wildman–Crippen LogP) is 0.586. The van der Waals surface area contributed by atoms with E-state index in [-0.39, 0.29) is 36.2 Å². The molecule has 0 atom stereocenters. The Kier molecular flexibility index (Phi) is 9.16. The molecule has 1 aromatic carbocycles. The summed E-state index contributed by atoms with van der Waals surface area (Å²) in [6.45, 7) is 0.335. The van der Waals surface area contributed by atoms with Gasteiger partial charge in [0.1, 0.15) is 11.5 Å². The normalized spacial score (nSPS) is 14.1. The standard InChI is InChI=1S/C15H22F3N7O3S/c1-20-12(13(21-2)22-7-4-8-23-29(19,27)28)14(25-26)24-11-6-3-5-10(9-11)15(16,17)18/h3,5-6,9,23,26H,4,7-8H2,1-2H3,(H,21,22)(H,24,25)(H2,19,27,28). The summed E-state index contributed by atoms with van der Waals surface area (Å²) in [6, 6.07) is 4.23. The Morgan fingerprint density at radius 2 is 1.86 bits per heavy atom. The van der Waals surface area contributed by atoms with Crippen LogP contribution < -0.4 is 20.7 Å². The minimum absolute atomic E-state index is 0.0480. The Bertz CT molecular complexity index is 883. The third-order valence-electron chi connectivity index (χ3n) is 3.37. The van der Waals surface area contributed by atoms with Crippen LogP contribution >= 0.6 is 0 Å². The van der Waals surface area contributed by atoms with Gasteiger partial charge in [-0.25, -0.2) is 14.9 Å². The van der Waals surface area contributed by atoms with Crippen molar-refractivity contribution >= 4 is 33.3 Å². The van der Waals surface area contributed by atoms with Crippen molar-refractivity contribution in [1.29, 1.82) is 0 Å². The average Bonchev–Trinajstić information content (AvgIpc) is 2.64. The van der Waals surface area contributed by atoms with E-state index in [1.54, 1.807) is 5.48 Å². The van der Waals surface area contributed by atoms with Gasteiger partial charge in [-0.05, 0) is 24.6 Å². The maximum atomic E-state index is 12.9. The molecule has 0 amide bonds. The van der Waals surface area contributed by atoms with Gasteiger partial charge in [0.25, 0.3) is 10.2 Å². The molecular formula is C15H22F3N7O3S. The van der Waals surface area contributed by atoms with E-state index in [2.05, 4.69) is 25.0 Å². The Morgan fingerprint density at radius 3 is 2.38 bits per heavy atom. The molecule has 0 radical (unpaired) electrons. The minimum Gasteiger partial charge on any atom is -0.368 e. The van der Waals surface area contributed by atoms with Gasteiger partial charge >= 0.3 is 6.18 Å². The van der Waals surface area contributed by atoms with E-state index < -0.39 is 21.9 Å². The summed E-state index contributed by atoms with van der Waals surface area (Å²) in [5.41, 5.74) is 0.896. The number of nitrogens with zero attached hydrogens (tertiary/aromatic N) is 3. The van der Waals surface area contributed by atoms with Crippen LogP contribution in [-0.2, 0) is 16.4 Å². The van der Waals surface area contributed by atoms with E-state index in [4.69, 9.17) is 5.14 Å². The molecule has 0 aliphatic carbocycles. The van der Waals surface area contributed by atoms with Gasteiger partial charge < -0.3 is 5.32 Å². The zero-order valence-electron chi connectivity index (χ0n) is 15.7. The molecule has 0 aromatic heterocycles. The first-order valence-electron chi connectivity index (χ1n) is 8.13. The van der Waals surface area contributed by atoms with Crippen molar-refractivity contribution in [2.75, 3.05) is 27.2 Å². The fourth-order valence-electron chi connectivity index (χ4n) is 2.11. The van der Waals surface area contributed by atoms with Gasteiger partial charge in [0.2, 0.25) is 0 Å². The van der Waals surface area contributed by atoms with Crippen molar-refractivity contribution < 1.29 is 26.8 Å². The molecule has 0 saturated heterocycles. The molecule has 0 saturated carbocycles. The number of alkyl halides is 3. The van der Waals surface area contributed by atoms with Crippen LogP contribution in [-0.4, -0.2) is 58.2 Å². The molecule has 0 heterocycles. The van der Waals surface area contributed by atoms with Crippen molar-refractivity contribution in [3.05, 3.63) is 29.8 Å². The second-order valence-corrected chi connectivity index (χ2v) is 6.86. The van der Waals surface area contributed by atoms with Crippen molar-refractivity contribution in [3.63, 3.8) is 0 Å². The molecule has 0 fully saturated rings. The highest BCUT2D eigenvalue weighted by molar-refractivity contribution is 7.87. The van der Waals surface area contributed by atoms with Crippen LogP contribution in [0, 0.1) is 0 Å². The molecular weight excluding hydrogens is 415 g/mol. The van der Waals surface area contributed by atoms with Crippen molar-refractivity contribution in [3.8, 4) is 0 Å². The summed E-state index contributed by atoms with van der Waals surface area (Å²) in [5.74, 6) is -0.0574. The van der Waals surface area contributed by atoms with E-state index in [1.165, 1.54) is 26.2 Å². The summed E-state index contributed by atoms with van der Waals surface area (Å²) >= 11 is 0. The predicted molar refractivity (Wildman–Crippen MR) is 104 cm³/mol. The summed E-state index contributed by atoms with van der Waals surface area (Å²) in [5, 5.41) is 17.1. The zero-order valence-corrected chi connectivity index (χ0v) is 16.5. The lowest BCUT2D eigenvalue weighted by atomic mass is 10.2. The first kappa shape index (κ1) is 24.5. The van der Waals surface area contributed by atoms with E-state index in [1.807, 2.05) is 0 Å². The summed E-state index contributed by atoms with van der Waals surface area (Å²) in [7, 11) is -0.987. The molecule has 29 heavy (non-hydrogen) atoms. The lowest BCUT2D eigenvalue weighted by Gasteiger charge is -2.13. The molecule has 0 bridgehead atoms. The van der Waals surface area contributed by atoms with Crippen molar-refractivity contribution in [2.24, 2.45) is 20.1 Å². The van der Waals surface area contributed by atoms with Crippen LogP contribution in [0.4, 0.5) is 18.9 Å². The number of hydrogen-bond acceptors (Lipinski definition) is 6. The second kappa shape index (κ2) is 10.8. The average molecular weight is 437 g/mol. The third-order valence-corrected chi connectivity index (χ3v) is 3.97. The SMILES string of the molecule is CN=C(NCCCNS(N)(=O)=O)C(=NC)C(=Nc1cccc(C(F)(F)F)c1)NO. The van der Waals surface area contributed by atoms with Crippen molar-refractivity contribution in [2.45, 2.75) is 12.6 Å². The first-order chi connectivity index (χ1) is 13.5. The van der Waals surface area contributed by atoms with Gasteiger partial charge in [-0.2, -0.15) is 21.6 Å². The highest BCUT2D eigenvalue weighted by Crippen LogP contribution is 2.31. The zero-order chi connectivity index (χ0) is 22.1. The van der Waals surface area contributed by atoms with Gasteiger partial charge in [0.05, 0.1) is 11.3 Å². The number of benzene rings is 1. The highest BCUT2D eigenvalue weighted by Gasteiger charge is 2.30. The van der Waals surface area contributed by atoms with Crippen LogP contribution in [0.3, 0.4) is 0 Å². The summed E-state index contributed by atoms with van der Waals surface area (Å²) in [6.07, 6.45) is -4.19. The third kappa shape index (κ3) is 8.55. The van der Waals surface area contributed by atoms with E-state index in [0.717, 1.165) is 12.1 Å². The molecule has 0 unspecified atom stereocenters. The molecule has 0 aliphatic heterocycles. The smallest absolute Gasteiger partial charge is 0.368 e. The maximum absolute atomic E-state index is 12.9. The number of amidine groups is 2. The van der Waals surface area contributed by atoms with Crippen LogP contribution in [0.25, 0.3) is 0 Å². The molecule has 1 rings (SSSR count). The molecule has 1 aromatic rings. The maximum Gasteiger partial charge on any atom is 0.416 e. The molecule has 6 N–H and O–H groups in total. The quantitative estimate of drug-likeness (QED) is 0.174. The first-order valence-corrected chi connectivity index (χ1v) is 9.68. The van der Waals surface area contributed by atoms with E-state index in [0.29, 0.717) is 6.42 Å². The van der Waals surface area contributed by atoms with Crippen LogP contribution in [0.2, 0.25) is 0 Å². The molecule has 0 aliphatic rings. The van der Waals surface area contributed by atoms with Gasteiger partial charge in [0.15, 0.2) is 5.84 Å². The lowest BCUT2D eigenvalue weighted by Crippen LogP contribution is -2.42. The minimum atomic E-state index is -4.54. The van der Waals surface area contributed by atoms with Crippen LogP contribution in [0.1, 0.15) is 12.0 Å². The fourth-order valence-corrected chi connectivity index (χ4v) is 2.54. The largest absolute Gasteiger partial charge is 0.416 e. The Labute approximate surface area is 166 Å². The topological polar surface area (TPSA) is 154 Å². The van der Waals surface area contributed by atoms with E-state index >= 15 is 0 Å². The second-order valence-electron chi connectivity index (χ2n) is 5.48. The Hall–Kier alpha value is -2.55. The molecule has 14 heteroatoms. The molecule has 0 spiro atoms. The van der Waals surface area contributed by atoms with Gasteiger partial charge in [0, 0.05) is 27.2 Å². The summed E-state index contributed by atoms with van der Waals surface area (Å²) in [4.78, 5) is 11.9. The fraction of sp³-hybridized carbons (Fsp3) is 0.400. The summed E-state index contributed by atoms with van der Waals surface area (Å²) < 4.78 is 62.3. The lowest BCUT2D eigenvalue weighted by molar-refractivity contribution is -0.137. The number of nitrogens with one attached hydrogen (secondary N) is 3. The van der Waals surface area contributed by atoms with Crippen LogP contribution in [0.5, 0.6) is 0 Å². The number of halogens is 3. The van der Waals surface area contributed by atoms with Crippen LogP contribution in [0.15, 0.2) is 39.2 Å².